The first-order valence-corrected chi connectivity index (χ1v) is 13.0. The number of nitrogens with two attached hydrogens (primary N) is 1. The largest absolute Gasteiger partial charge is 0.509 e. The lowest BCUT2D eigenvalue weighted by molar-refractivity contribution is -0.0745. The molecule has 0 bridgehead atoms. The quantitative estimate of drug-likeness (QED) is 0.357. The molecule has 3 saturated heterocycles. The van der Waals surface area contributed by atoms with Crippen LogP contribution in [0.25, 0.3) is 11.2 Å². The zero-order valence-corrected chi connectivity index (χ0v) is 20.6. The molecular weight excluding hydrogens is 540 g/mol. The van der Waals surface area contributed by atoms with E-state index in [0.717, 1.165) is 0 Å². The predicted molar refractivity (Wildman–Crippen MR) is 123 cm³/mol. The normalized spacial score (nSPS) is 31.8. The second-order valence-corrected chi connectivity index (χ2v) is 10.7. The minimum Gasteiger partial charge on any atom is -0.424 e. The molecule has 3 aromatic rings. The van der Waals surface area contributed by atoms with Gasteiger partial charge in [-0.1, -0.05) is 23.2 Å². The molecule has 16 heteroatoms. The van der Waals surface area contributed by atoms with E-state index in [1.807, 2.05) is 0 Å². The Balaban J connectivity index is 1.19. The van der Waals surface area contributed by atoms with Crippen LogP contribution in [0.3, 0.4) is 0 Å². The van der Waals surface area contributed by atoms with E-state index in [9.17, 15) is 9.36 Å². The standard InChI is InChI=1S/C20H18Cl2N5O8P/c21-10-3-9(4-11(22)5-10)12-1-2-30-36(29,35-12)31-6-13-15-16(34-20(28)33-15)19(32-13)27-8-26-14-17(23)24-7-25-18(14)27/h3-5,7-8,12-13,15-16,19H,1-2,6H2,(H2,23,24,25)/t12-,13+,15+,16+,19+,36?/m0/s1. The molecule has 3 fully saturated rings. The Kier molecular flexibility index (Phi) is 6.03. The number of carbonyl (C=O) groups is 1. The number of hydrogen-bond donors (Lipinski definition) is 1. The monoisotopic (exact) mass is 557 g/mol. The van der Waals surface area contributed by atoms with Crippen LogP contribution in [0.15, 0.2) is 30.9 Å². The summed E-state index contributed by atoms with van der Waals surface area (Å²) < 4.78 is 48.1. The Morgan fingerprint density at radius 2 is 1.92 bits per heavy atom. The topological polar surface area (TPSA) is 159 Å². The number of nitrogen functional groups attached to an aromatic ring is 1. The smallest absolute Gasteiger partial charge is 0.424 e. The Hall–Kier alpha value is -2.51. The van der Waals surface area contributed by atoms with Crippen LogP contribution in [0.2, 0.25) is 10.0 Å². The van der Waals surface area contributed by atoms with Crippen molar-refractivity contribution in [3.05, 3.63) is 46.5 Å². The number of phosphoric acid groups is 1. The van der Waals surface area contributed by atoms with Gasteiger partial charge in [0.1, 0.15) is 17.9 Å². The molecule has 2 aromatic heterocycles. The molecule has 0 aliphatic carbocycles. The number of aromatic nitrogens is 4. The van der Waals surface area contributed by atoms with Crippen LogP contribution < -0.4 is 5.73 Å². The molecule has 6 atom stereocenters. The maximum atomic E-state index is 13.2. The number of anilines is 1. The molecule has 2 N–H and O–H groups in total. The number of imidazole rings is 1. The molecule has 190 valence electrons. The van der Waals surface area contributed by atoms with E-state index in [1.165, 1.54) is 12.7 Å². The molecule has 0 radical (unpaired) electrons. The summed E-state index contributed by atoms with van der Waals surface area (Å²) in [6, 6.07) is 4.93. The number of ether oxygens (including phenoxy) is 3. The fourth-order valence-corrected chi connectivity index (χ4v) is 6.31. The molecule has 3 aliphatic rings. The molecule has 13 nitrogen and oxygen atoms in total. The number of nitrogens with zero attached hydrogens (tertiary/aromatic N) is 4. The van der Waals surface area contributed by atoms with Crippen molar-refractivity contribution in [1.82, 2.24) is 19.5 Å². The lowest BCUT2D eigenvalue weighted by atomic mass is 10.1. The van der Waals surface area contributed by atoms with E-state index in [0.29, 0.717) is 33.2 Å². The van der Waals surface area contributed by atoms with Crippen LogP contribution >= 0.6 is 31.0 Å². The third kappa shape index (κ3) is 4.30. The highest BCUT2D eigenvalue weighted by Crippen LogP contribution is 2.57. The Morgan fingerprint density at radius 1 is 1.14 bits per heavy atom. The number of fused-ring (bicyclic) bond motifs is 2. The lowest BCUT2D eigenvalue weighted by Crippen LogP contribution is -2.32. The van der Waals surface area contributed by atoms with Crippen molar-refractivity contribution in [3.63, 3.8) is 0 Å². The minimum absolute atomic E-state index is 0.118. The highest BCUT2D eigenvalue weighted by molar-refractivity contribution is 7.48. The fourth-order valence-electron chi connectivity index (χ4n) is 4.37. The van der Waals surface area contributed by atoms with Crippen LogP contribution in [0.5, 0.6) is 0 Å². The minimum atomic E-state index is -4.00. The number of hydrogen-bond acceptors (Lipinski definition) is 12. The van der Waals surface area contributed by atoms with Gasteiger partial charge in [0.25, 0.3) is 0 Å². The number of carbonyl (C=O) groups excluding carboxylic acids is 1. The first-order valence-electron chi connectivity index (χ1n) is 10.8. The van der Waals surface area contributed by atoms with Gasteiger partial charge in [-0.2, -0.15) is 0 Å². The second kappa shape index (κ2) is 9.10. The highest BCUT2D eigenvalue weighted by atomic mass is 35.5. The molecule has 0 saturated carbocycles. The van der Waals surface area contributed by atoms with Crippen molar-refractivity contribution in [1.29, 1.82) is 0 Å². The van der Waals surface area contributed by atoms with E-state index in [-0.39, 0.29) is 19.0 Å². The van der Waals surface area contributed by atoms with E-state index in [1.54, 1.807) is 22.8 Å². The van der Waals surface area contributed by atoms with Crippen molar-refractivity contribution in [2.45, 2.75) is 37.1 Å². The Bertz CT molecular complexity index is 1370. The summed E-state index contributed by atoms with van der Waals surface area (Å²) in [6.07, 6.45) is -1.73. The number of rotatable bonds is 5. The van der Waals surface area contributed by atoms with Gasteiger partial charge in [0, 0.05) is 16.5 Å². The first kappa shape index (κ1) is 23.9. The Labute approximate surface area is 213 Å². The zero-order valence-electron chi connectivity index (χ0n) is 18.2. The maximum absolute atomic E-state index is 13.2. The number of halogens is 2. The van der Waals surface area contributed by atoms with Gasteiger partial charge in [-0.05, 0) is 23.8 Å². The van der Waals surface area contributed by atoms with Gasteiger partial charge in [-0.15, -0.1) is 0 Å². The van der Waals surface area contributed by atoms with Crippen molar-refractivity contribution in [2.75, 3.05) is 18.9 Å². The average Bonchev–Trinajstić information content (AvgIpc) is 3.51. The van der Waals surface area contributed by atoms with E-state index < -0.39 is 44.6 Å². The third-order valence-electron chi connectivity index (χ3n) is 5.95. The predicted octanol–water partition coefficient (Wildman–Crippen LogP) is 3.82. The van der Waals surface area contributed by atoms with Crippen LogP contribution in [-0.2, 0) is 32.3 Å². The molecule has 5 heterocycles. The molecule has 1 unspecified atom stereocenters. The van der Waals surface area contributed by atoms with E-state index in [2.05, 4.69) is 15.0 Å². The Morgan fingerprint density at radius 3 is 2.72 bits per heavy atom. The molecule has 36 heavy (non-hydrogen) atoms. The molecule has 0 amide bonds. The average molecular weight is 558 g/mol. The molecule has 6 rings (SSSR count). The van der Waals surface area contributed by atoms with Gasteiger partial charge in [-0.3, -0.25) is 18.1 Å². The third-order valence-corrected chi connectivity index (χ3v) is 7.86. The lowest BCUT2D eigenvalue weighted by Gasteiger charge is -2.30. The summed E-state index contributed by atoms with van der Waals surface area (Å²) in [5.41, 5.74) is 7.25. The SMILES string of the molecule is Nc1ncnc2c1ncn2[C@@H]1O[C@H](COP2(=O)OCC[C@@H](c3cc(Cl)cc(Cl)c3)O2)[C@H]2OC(=O)O[C@H]21. The van der Waals surface area contributed by atoms with Gasteiger partial charge >= 0.3 is 14.0 Å². The van der Waals surface area contributed by atoms with Crippen molar-refractivity contribution < 1.29 is 37.1 Å². The van der Waals surface area contributed by atoms with Gasteiger partial charge in [0.2, 0.25) is 0 Å². The molecular formula is C20H18Cl2N5O8P. The highest BCUT2D eigenvalue weighted by Gasteiger charge is 2.56. The van der Waals surface area contributed by atoms with Crippen LogP contribution in [-0.4, -0.2) is 57.2 Å². The van der Waals surface area contributed by atoms with Gasteiger partial charge in [0.05, 0.1) is 25.6 Å². The number of benzene rings is 1. The van der Waals surface area contributed by atoms with Crippen molar-refractivity contribution >= 4 is 54.2 Å². The second-order valence-electron chi connectivity index (χ2n) is 8.22. The summed E-state index contributed by atoms with van der Waals surface area (Å²) in [7, 11) is -4.00. The summed E-state index contributed by atoms with van der Waals surface area (Å²) in [4.78, 5) is 24.3. The van der Waals surface area contributed by atoms with Crippen LogP contribution in [0.4, 0.5) is 10.6 Å². The molecule has 0 spiro atoms. The van der Waals surface area contributed by atoms with Crippen molar-refractivity contribution in [3.8, 4) is 0 Å². The first-order chi connectivity index (χ1) is 17.3. The van der Waals surface area contributed by atoms with Crippen LogP contribution in [0.1, 0.15) is 24.3 Å². The molecule has 3 aliphatic heterocycles. The summed E-state index contributed by atoms with van der Waals surface area (Å²) in [6.45, 7) is -0.162. The summed E-state index contributed by atoms with van der Waals surface area (Å²) in [5, 5.41) is 0.837. The zero-order chi connectivity index (χ0) is 25.0. The van der Waals surface area contributed by atoms with E-state index in [4.69, 9.17) is 56.7 Å². The fraction of sp³-hybridized carbons (Fsp3) is 0.400. The van der Waals surface area contributed by atoms with Gasteiger partial charge in [0.15, 0.2) is 29.9 Å². The maximum Gasteiger partial charge on any atom is 0.509 e. The van der Waals surface area contributed by atoms with Crippen LogP contribution in [0, 0.1) is 0 Å². The van der Waals surface area contributed by atoms with Gasteiger partial charge in [-0.25, -0.2) is 24.3 Å². The van der Waals surface area contributed by atoms with E-state index >= 15 is 0 Å². The summed E-state index contributed by atoms with van der Waals surface area (Å²) >= 11 is 12.2. The molecule has 1 aromatic carbocycles. The van der Waals surface area contributed by atoms with Crippen molar-refractivity contribution in [2.24, 2.45) is 0 Å². The number of phosphoric ester groups is 1. The van der Waals surface area contributed by atoms with Gasteiger partial charge < -0.3 is 19.9 Å². The summed E-state index contributed by atoms with van der Waals surface area (Å²) in [5.74, 6) is 0.188.